The molecule has 0 saturated heterocycles. The first kappa shape index (κ1) is 21.8. The number of anilines is 1. The molecule has 3 aromatic carbocycles. The average molecular weight is 441 g/mol. The number of benzene rings is 3. The Hall–Kier alpha value is -3.91. The number of nitro benzene ring substituents is 1. The first-order valence-electron chi connectivity index (χ1n) is 9.17. The number of carbonyl (C=O) groups is 2. The Kier molecular flexibility index (Phi) is 6.84. The molecular weight excluding hydrogens is 424 g/mol. The summed E-state index contributed by atoms with van der Waals surface area (Å²) < 4.78 is 10.6. The maximum absolute atomic E-state index is 12.6. The number of nitrogens with one attached hydrogen (secondary N) is 1. The van der Waals surface area contributed by atoms with Crippen LogP contribution < -0.4 is 10.1 Å². The molecule has 0 heterocycles. The number of hydrogen-bond donors (Lipinski definition) is 1. The molecule has 0 atom stereocenters. The molecule has 158 valence electrons. The van der Waals surface area contributed by atoms with Gasteiger partial charge in [-0.25, -0.2) is 4.79 Å². The summed E-state index contributed by atoms with van der Waals surface area (Å²) in [7, 11) is 0. The van der Waals surface area contributed by atoms with Crippen LogP contribution in [0, 0.1) is 10.1 Å². The van der Waals surface area contributed by atoms with Gasteiger partial charge in [0.05, 0.1) is 22.1 Å². The van der Waals surface area contributed by atoms with E-state index in [9.17, 15) is 19.7 Å². The minimum Gasteiger partial charge on any atom is -0.462 e. The Morgan fingerprint density at radius 1 is 1.03 bits per heavy atom. The van der Waals surface area contributed by atoms with Crippen molar-refractivity contribution in [2.45, 2.75) is 6.92 Å². The van der Waals surface area contributed by atoms with Gasteiger partial charge in [0.15, 0.2) is 0 Å². The second-order valence-electron chi connectivity index (χ2n) is 6.25. The summed E-state index contributed by atoms with van der Waals surface area (Å²) in [6.45, 7) is 2.00. The average Bonchev–Trinajstić information content (AvgIpc) is 2.76. The van der Waals surface area contributed by atoms with Gasteiger partial charge in [0.1, 0.15) is 11.5 Å². The smallest absolute Gasteiger partial charge is 0.338 e. The standard InChI is InChI=1S/C22H17ClN2O6/c1-2-30-22(27)14-6-8-16(9-7-14)24-21(26)15-4-3-5-18(12-15)31-20-11-10-17(25(28)29)13-19(20)23/h3-13H,2H2,1H3,(H,24,26). The molecule has 0 saturated carbocycles. The fourth-order valence-electron chi connectivity index (χ4n) is 2.62. The van der Waals surface area contributed by atoms with Crippen LogP contribution in [0.25, 0.3) is 0 Å². The first-order chi connectivity index (χ1) is 14.9. The summed E-state index contributed by atoms with van der Waals surface area (Å²) in [5.74, 6) is -0.264. The molecule has 3 rings (SSSR count). The van der Waals surface area contributed by atoms with Gasteiger partial charge in [0.25, 0.3) is 11.6 Å². The molecule has 0 aliphatic heterocycles. The maximum atomic E-state index is 12.6. The summed E-state index contributed by atoms with van der Waals surface area (Å²) in [6, 6.07) is 16.5. The van der Waals surface area contributed by atoms with Gasteiger partial charge in [-0.2, -0.15) is 0 Å². The summed E-state index contributed by atoms with van der Waals surface area (Å²) in [6.07, 6.45) is 0. The van der Waals surface area contributed by atoms with E-state index in [4.69, 9.17) is 21.1 Å². The number of amides is 1. The molecule has 9 heteroatoms. The second kappa shape index (κ2) is 9.73. The molecular formula is C22H17ClN2O6. The Balaban J connectivity index is 1.70. The van der Waals surface area contributed by atoms with Gasteiger partial charge in [-0.1, -0.05) is 17.7 Å². The van der Waals surface area contributed by atoms with E-state index in [1.54, 1.807) is 49.4 Å². The van der Waals surface area contributed by atoms with E-state index in [1.807, 2.05) is 0 Å². The van der Waals surface area contributed by atoms with Gasteiger partial charge in [-0.15, -0.1) is 0 Å². The zero-order valence-corrected chi connectivity index (χ0v) is 17.1. The lowest BCUT2D eigenvalue weighted by molar-refractivity contribution is -0.384. The van der Waals surface area contributed by atoms with Crippen LogP contribution in [-0.4, -0.2) is 23.4 Å². The van der Waals surface area contributed by atoms with Gasteiger partial charge in [-0.3, -0.25) is 14.9 Å². The number of halogens is 1. The van der Waals surface area contributed by atoms with Crippen molar-refractivity contribution in [3.8, 4) is 11.5 Å². The molecule has 0 bridgehead atoms. The Morgan fingerprint density at radius 2 is 1.77 bits per heavy atom. The number of nitro groups is 1. The molecule has 1 N–H and O–H groups in total. The van der Waals surface area contributed by atoms with Crippen LogP contribution in [-0.2, 0) is 4.74 Å². The van der Waals surface area contributed by atoms with Crippen molar-refractivity contribution in [3.63, 3.8) is 0 Å². The van der Waals surface area contributed by atoms with E-state index in [0.29, 0.717) is 22.6 Å². The van der Waals surface area contributed by atoms with E-state index in [0.717, 1.165) is 0 Å². The third-order valence-corrected chi connectivity index (χ3v) is 4.40. The topological polar surface area (TPSA) is 108 Å². The number of rotatable bonds is 7. The highest BCUT2D eigenvalue weighted by Gasteiger charge is 2.13. The molecule has 1 amide bonds. The lowest BCUT2D eigenvalue weighted by atomic mass is 10.1. The monoisotopic (exact) mass is 440 g/mol. The third-order valence-electron chi connectivity index (χ3n) is 4.10. The molecule has 0 aromatic heterocycles. The van der Waals surface area contributed by atoms with Crippen LogP contribution in [0.3, 0.4) is 0 Å². The highest BCUT2D eigenvalue weighted by Crippen LogP contribution is 2.32. The molecule has 0 aliphatic rings. The normalized spacial score (nSPS) is 10.3. The third kappa shape index (κ3) is 5.58. The van der Waals surface area contributed by atoms with Crippen molar-refractivity contribution in [1.82, 2.24) is 0 Å². The van der Waals surface area contributed by atoms with Gasteiger partial charge in [0.2, 0.25) is 0 Å². The minimum atomic E-state index is -0.556. The van der Waals surface area contributed by atoms with Crippen molar-refractivity contribution >= 4 is 34.9 Å². The molecule has 0 unspecified atom stereocenters. The molecule has 3 aromatic rings. The van der Waals surface area contributed by atoms with Crippen molar-refractivity contribution < 1.29 is 24.0 Å². The SMILES string of the molecule is CCOC(=O)c1ccc(NC(=O)c2cccc(Oc3ccc([N+](=O)[O-])cc3Cl)c2)cc1. The van der Waals surface area contributed by atoms with E-state index in [1.165, 1.54) is 24.3 Å². The Labute approximate surface area is 182 Å². The minimum absolute atomic E-state index is 0.0748. The maximum Gasteiger partial charge on any atom is 0.338 e. The molecule has 8 nitrogen and oxygen atoms in total. The summed E-state index contributed by atoms with van der Waals surface area (Å²) in [5, 5.41) is 13.6. The van der Waals surface area contributed by atoms with Crippen LogP contribution in [0.4, 0.5) is 11.4 Å². The molecule has 0 aliphatic carbocycles. The lowest BCUT2D eigenvalue weighted by Crippen LogP contribution is -2.12. The van der Waals surface area contributed by atoms with Gasteiger partial charge >= 0.3 is 5.97 Å². The van der Waals surface area contributed by atoms with Crippen molar-refractivity contribution in [3.05, 3.63) is 93.0 Å². The lowest BCUT2D eigenvalue weighted by Gasteiger charge is -2.10. The number of carbonyl (C=O) groups excluding carboxylic acids is 2. The largest absolute Gasteiger partial charge is 0.462 e. The fraction of sp³-hybridized carbons (Fsp3) is 0.0909. The highest BCUT2D eigenvalue weighted by molar-refractivity contribution is 6.32. The summed E-state index contributed by atoms with van der Waals surface area (Å²) in [5.41, 5.74) is 1.06. The quantitative estimate of drug-likeness (QED) is 0.296. The van der Waals surface area contributed by atoms with Crippen molar-refractivity contribution in [1.29, 1.82) is 0 Å². The van der Waals surface area contributed by atoms with Crippen LogP contribution in [0.15, 0.2) is 66.7 Å². The number of esters is 1. The Morgan fingerprint density at radius 3 is 2.42 bits per heavy atom. The molecule has 31 heavy (non-hydrogen) atoms. The zero-order chi connectivity index (χ0) is 22.4. The van der Waals surface area contributed by atoms with Crippen LogP contribution >= 0.6 is 11.6 Å². The van der Waals surface area contributed by atoms with E-state index < -0.39 is 10.9 Å². The fourth-order valence-corrected chi connectivity index (χ4v) is 2.83. The highest BCUT2D eigenvalue weighted by atomic mass is 35.5. The summed E-state index contributed by atoms with van der Waals surface area (Å²) in [4.78, 5) is 34.5. The van der Waals surface area contributed by atoms with Crippen LogP contribution in [0.1, 0.15) is 27.6 Å². The molecule has 0 fully saturated rings. The van der Waals surface area contributed by atoms with E-state index in [2.05, 4.69) is 5.32 Å². The first-order valence-corrected chi connectivity index (χ1v) is 9.55. The zero-order valence-electron chi connectivity index (χ0n) is 16.3. The van der Waals surface area contributed by atoms with E-state index in [-0.39, 0.29) is 29.0 Å². The number of hydrogen-bond acceptors (Lipinski definition) is 6. The van der Waals surface area contributed by atoms with Gasteiger partial charge in [0, 0.05) is 23.4 Å². The molecule has 0 radical (unpaired) electrons. The Bertz CT molecular complexity index is 1130. The van der Waals surface area contributed by atoms with Gasteiger partial charge < -0.3 is 14.8 Å². The number of non-ortho nitro benzene ring substituents is 1. The molecule has 0 spiro atoms. The summed E-state index contributed by atoms with van der Waals surface area (Å²) >= 11 is 6.05. The predicted molar refractivity (Wildman–Crippen MR) is 115 cm³/mol. The predicted octanol–water partition coefficient (Wildman–Crippen LogP) is 5.47. The van der Waals surface area contributed by atoms with E-state index >= 15 is 0 Å². The number of nitrogens with zero attached hydrogens (tertiary/aromatic N) is 1. The van der Waals surface area contributed by atoms with Crippen LogP contribution in [0.5, 0.6) is 11.5 Å². The van der Waals surface area contributed by atoms with Crippen molar-refractivity contribution in [2.24, 2.45) is 0 Å². The second-order valence-corrected chi connectivity index (χ2v) is 6.66. The number of ether oxygens (including phenoxy) is 2. The van der Waals surface area contributed by atoms with Crippen molar-refractivity contribution in [2.75, 3.05) is 11.9 Å². The van der Waals surface area contributed by atoms with Crippen LogP contribution in [0.2, 0.25) is 5.02 Å². The van der Waals surface area contributed by atoms with Gasteiger partial charge in [-0.05, 0) is 55.5 Å².